The molecule has 0 unspecified atom stereocenters. The van der Waals surface area contributed by atoms with Crippen LogP contribution in [0, 0.1) is 11.8 Å². The number of hydrogen-bond donors (Lipinski definition) is 0. The van der Waals surface area contributed by atoms with E-state index < -0.39 is 0 Å². The third-order valence-electron chi connectivity index (χ3n) is 4.42. The van der Waals surface area contributed by atoms with Gasteiger partial charge in [0.15, 0.2) is 5.58 Å². The summed E-state index contributed by atoms with van der Waals surface area (Å²) >= 11 is 0. The molecule has 2 aromatic carbocycles. The van der Waals surface area contributed by atoms with Crippen LogP contribution in [-0.4, -0.2) is 17.6 Å². The van der Waals surface area contributed by atoms with E-state index in [0.29, 0.717) is 18.4 Å². The van der Waals surface area contributed by atoms with E-state index in [1.54, 1.807) is 0 Å². The molecule has 0 radical (unpaired) electrons. The molecule has 1 fully saturated rings. The molecule has 1 aliphatic rings. The molecule has 0 N–H and O–H groups in total. The maximum absolute atomic E-state index is 11.6. The van der Waals surface area contributed by atoms with Crippen molar-refractivity contribution < 1.29 is 13.9 Å². The fourth-order valence-corrected chi connectivity index (χ4v) is 2.91. The van der Waals surface area contributed by atoms with Crippen molar-refractivity contribution in [3.05, 3.63) is 60.2 Å². The highest BCUT2D eigenvalue weighted by atomic mass is 16.5. The van der Waals surface area contributed by atoms with Gasteiger partial charge >= 0.3 is 5.97 Å². The van der Waals surface area contributed by atoms with Crippen LogP contribution in [0.3, 0.4) is 0 Å². The molecule has 126 valence electrons. The van der Waals surface area contributed by atoms with Crippen LogP contribution in [0.25, 0.3) is 28.6 Å². The molecule has 3 aromatic rings. The summed E-state index contributed by atoms with van der Waals surface area (Å²) in [4.78, 5) is 16.1. The van der Waals surface area contributed by atoms with Gasteiger partial charge in [-0.25, -0.2) is 4.98 Å². The lowest BCUT2D eigenvalue weighted by Gasteiger charge is -1.99. The van der Waals surface area contributed by atoms with Crippen LogP contribution in [0.1, 0.15) is 18.9 Å². The van der Waals surface area contributed by atoms with Crippen LogP contribution in [0.15, 0.2) is 59.0 Å². The number of allylic oxidation sites excluding steroid dienone is 1. The normalized spacial score (nSPS) is 19.4. The molecule has 1 aliphatic carbocycles. The molecule has 1 saturated carbocycles. The molecule has 0 aliphatic heterocycles. The Morgan fingerprint density at radius 3 is 2.80 bits per heavy atom. The fraction of sp³-hybridized carbons (Fsp3) is 0.238. The highest BCUT2D eigenvalue weighted by Crippen LogP contribution is 2.41. The summed E-state index contributed by atoms with van der Waals surface area (Å²) in [6, 6.07) is 15.8. The van der Waals surface area contributed by atoms with Gasteiger partial charge in [-0.1, -0.05) is 36.4 Å². The van der Waals surface area contributed by atoms with E-state index in [1.165, 1.54) is 0 Å². The summed E-state index contributed by atoms with van der Waals surface area (Å²) in [5.41, 5.74) is 3.69. The van der Waals surface area contributed by atoms with Gasteiger partial charge in [-0.05, 0) is 49.1 Å². The van der Waals surface area contributed by atoms with Crippen molar-refractivity contribution in [3.63, 3.8) is 0 Å². The minimum atomic E-state index is -0.0801. The predicted octanol–water partition coefficient (Wildman–Crippen LogP) is 4.71. The second-order valence-electron chi connectivity index (χ2n) is 6.23. The largest absolute Gasteiger partial charge is 0.466 e. The van der Waals surface area contributed by atoms with Crippen LogP contribution in [0.5, 0.6) is 0 Å². The Bertz CT molecular complexity index is 891. The molecule has 1 aromatic heterocycles. The van der Waals surface area contributed by atoms with Crippen LogP contribution in [0.2, 0.25) is 0 Å². The predicted molar refractivity (Wildman–Crippen MR) is 96.7 cm³/mol. The average Bonchev–Trinajstić information content (AvgIpc) is 3.29. The van der Waals surface area contributed by atoms with Crippen molar-refractivity contribution in [2.75, 3.05) is 6.61 Å². The summed E-state index contributed by atoms with van der Waals surface area (Å²) in [6.45, 7) is 2.28. The number of ether oxygens (including phenoxy) is 1. The van der Waals surface area contributed by atoms with Crippen molar-refractivity contribution in [1.82, 2.24) is 4.98 Å². The zero-order chi connectivity index (χ0) is 17.2. The Morgan fingerprint density at radius 1 is 1.24 bits per heavy atom. The molecule has 4 rings (SSSR count). The van der Waals surface area contributed by atoms with Crippen molar-refractivity contribution in [2.24, 2.45) is 11.8 Å². The Morgan fingerprint density at radius 2 is 2.04 bits per heavy atom. The SMILES string of the molecule is CCOC(=O)[C@@H]1C[C@@H]1/C=C/c1ccc(-c2nc3ccccc3o2)cc1. The molecular weight excluding hydrogens is 314 g/mol. The first-order valence-electron chi connectivity index (χ1n) is 8.55. The summed E-state index contributed by atoms with van der Waals surface area (Å²) in [5.74, 6) is 0.885. The van der Waals surface area contributed by atoms with Crippen molar-refractivity contribution in [2.45, 2.75) is 13.3 Å². The number of oxazole rings is 1. The fourth-order valence-electron chi connectivity index (χ4n) is 2.91. The molecular formula is C21H19NO3. The number of nitrogens with zero attached hydrogens (tertiary/aromatic N) is 1. The smallest absolute Gasteiger partial charge is 0.309 e. The van der Waals surface area contributed by atoms with Crippen LogP contribution >= 0.6 is 0 Å². The quantitative estimate of drug-likeness (QED) is 0.635. The van der Waals surface area contributed by atoms with Gasteiger partial charge < -0.3 is 9.15 Å². The Labute approximate surface area is 146 Å². The van der Waals surface area contributed by atoms with Gasteiger partial charge in [0.25, 0.3) is 0 Å². The van der Waals surface area contributed by atoms with Gasteiger partial charge in [-0.3, -0.25) is 4.79 Å². The number of benzene rings is 2. The number of esters is 1. The second-order valence-corrected chi connectivity index (χ2v) is 6.23. The second kappa shape index (κ2) is 6.55. The van der Waals surface area contributed by atoms with E-state index in [-0.39, 0.29) is 11.9 Å². The lowest BCUT2D eigenvalue weighted by atomic mass is 10.1. The molecule has 25 heavy (non-hydrogen) atoms. The summed E-state index contributed by atoms with van der Waals surface area (Å²) in [5, 5.41) is 0. The van der Waals surface area contributed by atoms with Crippen LogP contribution in [-0.2, 0) is 9.53 Å². The maximum Gasteiger partial charge on any atom is 0.309 e. The van der Waals surface area contributed by atoms with Gasteiger partial charge in [-0.15, -0.1) is 0 Å². The first-order valence-corrected chi connectivity index (χ1v) is 8.55. The summed E-state index contributed by atoms with van der Waals surface area (Å²) in [6.07, 6.45) is 5.03. The summed E-state index contributed by atoms with van der Waals surface area (Å²) in [7, 11) is 0. The van der Waals surface area contributed by atoms with Gasteiger partial charge in [0, 0.05) is 5.56 Å². The van der Waals surface area contributed by atoms with Crippen molar-refractivity contribution in [3.8, 4) is 11.5 Å². The molecule has 0 spiro atoms. The monoisotopic (exact) mass is 333 g/mol. The average molecular weight is 333 g/mol. The number of fused-ring (bicyclic) bond motifs is 1. The van der Waals surface area contributed by atoms with Gasteiger partial charge in [0.05, 0.1) is 12.5 Å². The molecule has 0 amide bonds. The maximum atomic E-state index is 11.6. The number of para-hydroxylation sites is 2. The Balaban J connectivity index is 1.44. The standard InChI is InChI=1S/C21H19NO3/c1-2-24-21(23)17-13-16(17)12-9-14-7-10-15(11-8-14)20-22-18-5-3-4-6-19(18)25-20/h3-12,16-17H,2,13H2,1H3/b12-9+/t16-,17+/m0/s1. The number of aromatic nitrogens is 1. The van der Waals surface area contributed by atoms with Gasteiger partial charge in [0.1, 0.15) is 5.52 Å². The molecule has 2 atom stereocenters. The zero-order valence-electron chi connectivity index (χ0n) is 14.0. The van der Waals surface area contributed by atoms with E-state index in [2.05, 4.69) is 17.1 Å². The molecule has 4 nitrogen and oxygen atoms in total. The van der Waals surface area contributed by atoms with E-state index in [1.807, 2.05) is 55.5 Å². The number of carbonyl (C=O) groups excluding carboxylic acids is 1. The van der Waals surface area contributed by atoms with Crippen LogP contribution < -0.4 is 0 Å². The molecule has 0 bridgehead atoms. The van der Waals surface area contributed by atoms with Crippen LogP contribution in [0.4, 0.5) is 0 Å². The zero-order valence-corrected chi connectivity index (χ0v) is 14.0. The molecule has 0 saturated heterocycles. The van der Waals surface area contributed by atoms with E-state index in [9.17, 15) is 4.79 Å². The minimum absolute atomic E-state index is 0.0372. The van der Waals surface area contributed by atoms with Gasteiger partial charge in [0.2, 0.25) is 5.89 Å². The number of rotatable bonds is 5. The lowest BCUT2D eigenvalue weighted by Crippen LogP contribution is -2.06. The Hall–Kier alpha value is -2.88. The molecule has 4 heteroatoms. The molecule has 1 heterocycles. The van der Waals surface area contributed by atoms with Crippen molar-refractivity contribution in [1.29, 1.82) is 0 Å². The lowest BCUT2D eigenvalue weighted by molar-refractivity contribution is -0.144. The Kier molecular flexibility index (Phi) is 4.10. The number of carbonyl (C=O) groups is 1. The van der Waals surface area contributed by atoms with E-state index in [4.69, 9.17) is 9.15 Å². The van der Waals surface area contributed by atoms with E-state index >= 15 is 0 Å². The topological polar surface area (TPSA) is 52.3 Å². The van der Waals surface area contributed by atoms with Crippen molar-refractivity contribution >= 4 is 23.1 Å². The third kappa shape index (κ3) is 3.33. The first-order chi connectivity index (χ1) is 12.2. The highest BCUT2D eigenvalue weighted by Gasteiger charge is 2.42. The van der Waals surface area contributed by atoms with Gasteiger partial charge in [-0.2, -0.15) is 0 Å². The van der Waals surface area contributed by atoms with E-state index in [0.717, 1.165) is 28.6 Å². The first kappa shape index (κ1) is 15.6. The summed E-state index contributed by atoms with van der Waals surface area (Å²) < 4.78 is 10.8. The highest BCUT2D eigenvalue weighted by molar-refractivity contribution is 5.77. The minimum Gasteiger partial charge on any atom is -0.466 e. The number of hydrogen-bond acceptors (Lipinski definition) is 4. The third-order valence-corrected chi connectivity index (χ3v) is 4.42.